The molecule has 200 valence electrons. The van der Waals surface area contributed by atoms with Crippen LogP contribution in [0, 0.1) is 0 Å². The first-order valence-corrected chi connectivity index (χ1v) is 14.7. The van der Waals surface area contributed by atoms with Crippen molar-refractivity contribution < 1.29 is 22.7 Å². The number of anilines is 1. The van der Waals surface area contributed by atoms with Crippen molar-refractivity contribution >= 4 is 66.8 Å². The molecule has 0 aromatic heterocycles. The molecule has 1 saturated heterocycles. The molecule has 2 amide bonds. The molecule has 1 N–H and O–H groups in total. The van der Waals surface area contributed by atoms with Crippen LogP contribution in [0.5, 0.6) is 0 Å². The molecule has 38 heavy (non-hydrogen) atoms. The van der Waals surface area contributed by atoms with Gasteiger partial charge < -0.3 is 15.0 Å². The minimum absolute atomic E-state index is 0.0163. The van der Waals surface area contributed by atoms with Crippen LogP contribution in [0.25, 0.3) is 11.1 Å². The summed E-state index contributed by atoms with van der Waals surface area (Å²) in [6, 6.07) is 17.4. The molecule has 1 fully saturated rings. The zero-order chi connectivity index (χ0) is 27.4. The van der Waals surface area contributed by atoms with Crippen LogP contribution in [-0.2, 0) is 14.8 Å². The maximum absolute atomic E-state index is 13.4. The van der Waals surface area contributed by atoms with Crippen LogP contribution in [0.2, 0.25) is 10.0 Å². The van der Waals surface area contributed by atoms with Gasteiger partial charge in [-0.3, -0.25) is 4.79 Å². The number of carbonyl (C=O) groups excluding carboxylic acids is 2. The van der Waals surface area contributed by atoms with Gasteiger partial charge in [0.15, 0.2) is 0 Å². The minimum atomic E-state index is -4.07. The lowest BCUT2D eigenvalue weighted by Gasteiger charge is -2.33. The molecule has 0 aliphatic carbocycles. The Morgan fingerprint density at radius 1 is 0.947 bits per heavy atom. The number of rotatable bonds is 6. The number of hydrogen-bond acceptors (Lipinski definition) is 5. The van der Waals surface area contributed by atoms with Crippen LogP contribution in [-0.4, -0.2) is 62.4 Å². The van der Waals surface area contributed by atoms with E-state index >= 15 is 0 Å². The molecule has 1 aliphatic rings. The van der Waals surface area contributed by atoms with Crippen LogP contribution >= 0.6 is 39.1 Å². The van der Waals surface area contributed by atoms with Crippen LogP contribution in [0.3, 0.4) is 0 Å². The summed E-state index contributed by atoms with van der Waals surface area (Å²) in [5.74, 6) is -0.580. The number of hydrogen-bond donors (Lipinski definition) is 1. The quantitative estimate of drug-likeness (QED) is 0.349. The molecule has 4 rings (SSSR count). The van der Waals surface area contributed by atoms with Crippen molar-refractivity contribution in [3.8, 4) is 11.1 Å². The molecule has 0 saturated carbocycles. The largest absolute Gasteiger partial charge is 0.450 e. The fraction of sp³-hybridized carbons (Fsp3) is 0.231. The Balaban J connectivity index is 1.54. The van der Waals surface area contributed by atoms with E-state index in [0.29, 0.717) is 5.69 Å². The summed E-state index contributed by atoms with van der Waals surface area (Å²) in [5.41, 5.74) is 2.34. The van der Waals surface area contributed by atoms with E-state index in [9.17, 15) is 18.0 Å². The molecule has 0 bridgehead atoms. The summed E-state index contributed by atoms with van der Waals surface area (Å²) in [6.07, 6.45) is -0.489. The smallest absolute Gasteiger partial charge is 0.409 e. The van der Waals surface area contributed by atoms with E-state index in [4.69, 9.17) is 27.9 Å². The van der Waals surface area contributed by atoms with Gasteiger partial charge in [-0.25, -0.2) is 13.2 Å². The normalized spacial score (nSPS) is 14.3. The highest BCUT2D eigenvalue weighted by Gasteiger charge is 2.33. The van der Waals surface area contributed by atoms with E-state index in [1.807, 2.05) is 42.5 Å². The SMILES string of the molecule is CCOC(=O)N1CCN(S(=O)(=O)c2cc(C(=O)Nc3cccc(-c4ccc(Br)cc4)c3)c(Cl)cc2Cl)CC1. The third-order valence-electron chi connectivity index (χ3n) is 5.95. The number of sulfonamides is 1. The molecule has 12 heteroatoms. The number of amides is 2. The Kier molecular flexibility index (Phi) is 9.00. The number of piperazine rings is 1. The number of nitrogens with one attached hydrogen (secondary N) is 1. The second-order valence-corrected chi connectivity index (χ2v) is 12.0. The first-order chi connectivity index (χ1) is 18.1. The molecule has 0 unspecified atom stereocenters. The number of ether oxygens (including phenoxy) is 1. The fourth-order valence-electron chi connectivity index (χ4n) is 3.98. The molecule has 0 atom stereocenters. The van der Waals surface area contributed by atoms with Gasteiger partial charge in [-0.1, -0.05) is 63.4 Å². The van der Waals surface area contributed by atoms with Crippen molar-refractivity contribution in [3.05, 3.63) is 80.7 Å². The molecular weight excluding hydrogens is 617 g/mol. The Hall–Kier alpha value is -2.63. The summed E-state index contributed by atoms with van der Waals surface area (Å²) >= 11 is 16.0. The molecule has 8 nitrogen and oxygen atoms in total. The standard InChI is InChI=1S/C26H24BrCl2N3O5S/c1-2-37-26(34)31-10-12-32(13-11-31)38(35,36)24-15-21(22(28)16-23(24)29)25(33)30-20-5-3-4-18(14-20)17-6-8-19(27)9-7-17/h3-9,14-16H,2,10-13H2,1H3,(H,30,33). The zero-order valence-electron chi connectivity index (χ0n) is 20.3. The number of nitrogens with zero attached hydrogens (tertiary/aromatic N) is 2. The Morgan fingerprint density at radius 2 is 1.63 bits per heavy atom. The van der Waals surface area contributed by atoms with Gasteiger partial charge in [-0.05, 0) is 54.4 Å². The van der Waals surface area contributed by atoms with Crippen LogP contribution < -0.4 is 5.32 Å². The van der Waals surface area contributed by atoms with Crippen LogP contribution in [0.4, 0.5) is 10.5 Å². The lowest BCUT2D eigenvalue weighted by Crippen LogP contribution is -2.50. The van der Waals surface area contributed by atoms with Gasteiger partial charge in [0.25, 0.3) is 5.91 Å². The van der Waals surface area contributed by atoms with Crippen molar-refractivity contribution in [2.45, 2.75) is 11.8 Å². The summed E-state index contributed by atoms with van der Waals surface area (Å²) in [4.78, 5) is 26.3. The highest BCUT2D eigenvalue weighted by atomic mass is 79.9. The average molecular weight is 641 g/mol. The number of halogens is 3. The highest BCUT2D eigenvalue weighted by Crippen LogP contribution is 2.32. The van der Waals surface area contributed by atoms with Gasteiger partial charge in [0.1, 0.15) is 4.90 Å². The first kappa shape index (κ1) is 28.4. The van der Waals surface area contributed by atoms with E-state index in [0.717, 1.165) is 15.6 Å². The van der Waals surface area contributed by atoms with E-state index in [-0.39, 0.29) is 53.3 Å². The predicted octanol–water partition coefficient (Wildman–Crippen LogP) is 6.14. The predicted molar refractivity (Wildman–Crippen MR) is 151 cm³/mol. The first-order valence-electron chi connectivity index (χ1n) is 11.7. The molecule has 0 spiro atoms. The Morgan fingerprint density at radius 3 is 2.29 bits per heavy atom. The van der Waals surface area contributed by atoms with Crippen LogP contribution in [0.1, 0.15) is 17.3 Å². The number of carbonyl (C=O) groups is 2. The molecular formula is C26H24BrCl2N3O5S. The molecule has 1 heterocycles. The molecule has 3 aromatic rings. The minimum Gasteiger partial charge on any atom is -0.450 e. The summed E-state index contributed by atoms with van der Waals surface area (Å²) in [6.45, 7) is 2.40. The Labute approximate surface area is 239 Å². The van der Waals surface area contributed by atoms with Gasteiger partial charge in [-0.2, -0.15) is 4.31 Å². The van der Waals surface area contributed by atoms with Gasteiger partial charge in [0, 0.05) is 36.3 Å². The maximum atomic E-state index is 13.4. The van der Waals surface area contributed by atoms with Crippen molar-refractivity contribution in [2.75, 3.05) is 38.1 Å². The molecule has 0 radical (unpaired) electrons. The third-order valence-corrected chi connectivity index (χ3v) is 9.15. The Bertz CT molecular complexity index is 1460. The monoisotopic (exact) mass is 639 g/mol. The van der Waals surface area contributed by atoms with Gasteiger partial charge >= 0.3 is 6.09 Å². The third kappa shape index (κ3) is 6.32. The van der Waals surface area contributed by atoms with Crippen molar-refractivity contribution in [1.29, 1.82) is 0 Å². The average Bonchev–Trinajstić information content (AvgIpc) is 2.89. The lowest BCUT2D eigenvalue weighted by molar-refractivity contribution is 0.0933. The lowest BCUT2D eigenvalue weighted by atomic mass is 10.1. The van der Waals surface area contributed by atoms with E-state index in [1.54, 1.807) is 13.0 Å². The highest BCUT2D eigenvalue weighted by molar-refractivity contribution is 9.10. The van der Waals surface area contributed by atoms with Crippen LogP contribution in [0.15, 0.2) is 70.0 Å². The van der Waals surface area contributed by atoms with E-state index < -0.39 is 22.0 Å². The molecule has 1 aliphatic heterocycles. The van der Waals surface area contributed by atoms with Gasteiger partial charge in [0.2, 0.25) is 10.0 Å². The van der Waals surface area contributed by atoms with E-state index in [1.165, 1.54) is 21.3 Å². The zero-order valence-corrected chi connectivity index (χ0v) is 24.2. The summed E-state index contributed by atoms with van der Waals surface area (Å²) in [5, 5.41) is 2.70. The number of benzene rings is 3. The van der Waals surface area contributed by atoms with Gasteiger partial charge in [-0.15, -0.1) is 0 Å². The summed E-state index contributed by atoms with van der Waals surface area (Å²) < 4.78 is 34.0. The summed E-state index contributed by atoms with van der Waals surface area (Å²) in [7, 11) is -4.07. The second kappa shape index (κ2) is 12.0. The maximum Gasteiger partial charge on any atom is 0.409 e. The molecule has 3 aromatic carbocycles. The second-order valence-electron chi connectivity index (χ2n) is 8.39. The van der Waals surface area contributed by atoms with Gasteiger partial charge in [0.05, 0.1) is 22.2 Å². The topological polar surface area (TPSA) is 96.0 Å². The van der Waals surface area contributed by atoms with Crippen molar-refractivity contribution in [3.63, 3.8) is 0 Å². The van der Waals surface area contributed by atoms with Crippen molar-refractivity contribution in [2.24, 2.45) is 0 Å². The van der Waals surface area contributed by atoms with Crippen molar-refractivity contribution in [1.82, 2.24) is 9.21 Å². The fourth-order valence-corrected chi connectivity index (χ4v) is 6.50. The van der Waals surface area contributed by atoms with E-state index in [2.05, 4.69) is 21.2 Å².